The number of carbonyl (C=O) groups excluding carboxylic acids is 1. The van der Waals surface area contributed by atoms with Crippen LogP contribution in [0.25, 0.3) is 10.8 Å². The van der Waals surface area contributed by atoms with Gasteiger partial charge in [-0.3, -0.25) is 4.79 Å². The lowest BCUT2D eigenvalue weighted by atomic mass is 10.0. The summed E-state index contributed by atoms with van der Waals surface area (Å²) < 4.78 is 5.97. The normalized spacial score (nSPS) is 15.6. The Morgan fingerprint density at radius 1 is 1.11 bits per heavy atom. The number of anilines is 2. The average molecular weight is 488 g/mol. The SMILES string of the molecule is C=CC(=O)N1CCN(c2nc(OCCCC)nc3c2CCN(c2cc(O)cc4ccccc24)C3)CC1. The molecule has 1 fully saturated rings. The van der Waals surface area contributed by atoms with Crippen LogP contribution in [0, 0.1) is 0 Å². The van der Waals surface area contributed by atoms with E-state index >= 15 is 0 Å². The predicted octanol–water partition coefficient (Wildman–Crippen LogP) is 3.91. The monoisotopic (exact) mass is 487 g/mol. The number of amides is 1. The second-order valence-electron chi connectivity index (χ2n) is 9.33. The molecule has 0 bridgehead atoms. The van der Waals surface area contributed by atoms with Gasteiger partial charge in [0, 0.05) is 55.4 Å². The fourth-order valence-corrected chi connectivity index (χ4v) is 5.03. The number of aromatic nitrogens is 2. The molecular weight excluding hydrogens is 454 g/mol. The van der Waals surface area contributed by atoms with Gasteiger partial charge in [0.1, 0.15) is 11.6 Å². The first-order valence-corrected chi connectivity index (χ1v) is 12.7. The second kappa shape index (κ2) is 10.4. The van der Waals surface area contributed by atoms with Gasteiger partial charge >= 0.3 is 6.01 Å². The summed E-state index contributed by atoms with van der Waals surface area (Å²) in [6.45, 7) is 10.4. The number of unbranched alkanes of at least 4 members (excludes halogenated alkanes) is 1. The van der Waals surface area contributed by atoms with E-state index in [1.165, 1.54) is 6.08 Å². The van der Waals surface area contributed by atoms with Crippen LogP contribution in [0.15, 0.2) is 49.1 Å². The minimum absolute atomic E-state index is 0.0306. The maximum absolute atomic E-state index is 12.1. The van der Waals surface area contributed by atoms with Crippen LogP contribution in [0.2, 0.25) is 0 Å². The molecule has 1 N–H and O–H groups in total. The highest BCUT2D eigenvalue weighted by atomic mass is 16.5. The molecule has 1 amide bonds. The summed E-state index contributed by atoms with van der Waals surface area (Å²) in [5.74, 6) is 1.14. The fourth-order valence-electron chi connectivity index (χ4n) is 5.03. The zero-order valence-corrected chi connectivity index (χ0v) is 20.8. The number of fused-ring (bicyclic) bond motifs is 2. The third-order valence-electron chi connectivity index (χ3n) is 6.98. The zero-order valence-electron chi connectivity index (χ0n) is 20.8. The van der Waals surface area contributed by atoms with Crippen LogP contribution in [-0.4, -0.2) is 65.2 Å². The van der Waals surface area contributed by atoms with Gasteiger partial charge in [-0.05, 0) is 30.4 Å². The summed E-state index contributed by atoms with van der Waals surface area (Å²) in [6.07, 6.45) is 4.15. The van der Waals surface area contributed by atoms with Crippen LogP contribution < -0.4 is 14.5 Å². The topological polar surface area (TPSA) is 82.0 Å². The van der Waals surface area contributed by atoms with Crippen molar-refractivity contribution < 1.29 is 14.6 Å². The molecule has 5 rings (SSSR count). The maximum Gasteiger partial charge on any atom is 0.318 e. The fraction of sp³-hybridized carbons (Fsp3) is 0.393. The van der Waals surface area contributed by atoms with E-state index in [9.17, 15) is 9.90 Å². The molecule has 0 spiro atoms. The van der Waals surface area contributed by atoms with E-state index in [0.717, 1.165) is 59.3 Å². The standard InChI is InChI=1S/C28H33N5O3/c1-3-5-16-36-28-29-24-19-33(25-18-21(34)17-20-8-6-7-9-22(20)25)11-10-23(24)27(30-28)32-14-12-31(13-15-32)26(35)4-2/h4,6-9,17-18,34H,2-3,5,10-16,19H2,1H3. The average Bonchev–Trinajstić information content (AvgIpc) is 2.91. The number of benzene rings is 2. The summed E-state index contributed by atoms with van der Waals surface area (Å²) >= 11 is 0. The number of nitrogens with zero attached hydrogens (tertiary/aromatic N) is 5. The quantitative estimate of drug-likeness (QED) is 0.400. The number of carbonyl (C=O) groups is 1. The third-order valence-corrected chi connectivity index (χ3v) is 6.98. The van der Waals surface area contributed by atoms with E-state index in [1.54, 1.807) is 6.07 Å². The van der Waals surface area contributed by atoms with Crippen molar-refractivity contribution in [3.8, 4) is 11.8 Å². The maximum atomic E-state index is 12.1. The van der Waals surface area contributed by atoms with Crippen LogP contribution in [0.4, 0.5) is 11.5 Å². The highest BCUT2D eigenvalue weighted by molar-refractivity contribution is 5.95. The highest BCUT2D eigenvalue weighted by Gasteiger charge is 2.29. The number of piperazine rings is 1. The predicted molar refractivity (Wildman–Crippen MR) is 142 cm³/mol. The van der Waals surface area contributed by atoms with Crippen molar-refractivity contribution in [2.45, 2.75) is 32.7 Å². The molecule has 0 saturated carbocycles. The summed E-state index contributed by atoms with van der Waals surface area (Å²) in [4.78, 5) is 28.1. The number of phenolic OH excluding ortho intramolecular Hbond substituents is 1. The van der Waals surface area contributed by atoms with Gasteiger partial charge in [-0.25, -0.2) is 0 Å². The van der Waals surface area contributed by atoms with Crippen molar-refractivity contribution in [1.29, 1.82) is 0 Å². The number of hydrogen-bond donors (Lipinski definition) is 1. The minimum Gasteiger partial charge on any atom is -0.508 e. The molecule has 0 aliphatic carbocycles. The van der Waals surface area contributed by atoms with E-state index < -0.39 is 0 Å². The van der Waals surface area contributed by atoms with Gasteiger partial charge in [0.15, 0.2) is 0 Å². The molecule has 2 aliphatic rings. The Morgan fingerprint density at radius 3 is 2.69 bits per heavy atom. The molecule has 0 radical (unpaired) electrons. The molecule has 2 aliphatic heterocycles. The number of hydrogen-bond acceptors (Lipinski definition) is 7. The molecule has 2 aromatic carbocycles. The van der Waals surface area contributed by atoms with Crippen LogP contribution in [0.1, 0.15) is 31.0 Å². The molecule has 36 heavy (non-hydrogen) atoms. The Balaban J connectivity index is 1.46. The van der Waals surface area contributed by atoms with Crippen molar-refractivity contribution in [3.63, 3.8) is 0 Å². The smallest absolute Gasteiger partial charge is 0.318 e. The molecule has 3 heterocycles. The van der Waals surface area contributed by atoms with Crippen molar-refractivity contribution in [1.82, 2.24) is 14.9 Å². The zero-order chi connectivity index (χ0) is 25.1. The van der Waals surface area contributed by atoms with Gasteiger partial charge in [-0.1, -0.05) is 44.2 Å². The van der Waals surface area contributed by atoms with Crippen molar-refractivity contribution in [2.75, 3.05) is 49.1 Å². The lowest BCUT2D eigenvalue weighted by Gasteiger charge is -2.38. The van der Waals surface area contributed by atoms with Gasteiger partial charge in [0.2, 0.25) is 5.91 Å². The Labute approximate surface area is 211 Å². The van der Waals surface area contributed by atoms with Gasteiger partial charge in [0.05, 0.1) is 18.8 Å². The minimum atomic E-state index is -0.0306. The number of phenols is 1. The molecule has 8 nitrogen and oxygen atoms in total. The van der Waals surface area contributed by atoms with Crippen LogP contribution in [-0.2, 0) is 17.8 Å². The van der Waals surface area contributed by atoms with Gasteiger partial charge in [-0.2, -0.15) is 9.97 Å². The molecule has 0 atom stereocenters. The van der Waals surface area contributed by atoms with E-state index in [4.69, 9.17) is 14.7 Å². The van der Waals surface area contributed by atoms with E-state index in [-0.39, 0.29) is 11.7 Å². The number of rotatable bonds is 7. The molecule has 1 aromatic heterocycles. The first-order chi connectivity index (χ1) is 17.6. The number of aromatic hydroxyl groups is 1. The third kappa shape index (κ3) is 4.80. The molecule has 0 unspecified atom stereocenters. The molecule has 1 saturated heterocycles. The Morgan fingerprint density at radius 2 is 1.92 bits per heavy atom. The summed E-state index contributed by atoms with van der Waals surface area (Å²) in [5.41, 5.74) is 3.10. The summed E-state index contributed by atoms with van der Waals surface area (Å²) in [6, 6.07) is 12.2. The van der Waals surface area contributed by atoms with Crippen molar-refractivity contribution in [3.05, 3.63) is 60.3 Å². The molecule has 3 aromatic rings. The lowest BCUT2D eigenvalue weighted by molar-refractivity contribution is -0.126. The van der Waals surface area contributed by atoms with Crippen molar-refractivity contribution >= 4 is 28.2 Å². The van der Waals surface area contributed by atoms with Crippen LogP contribution in [0.3, 0.4) is 0 Å². The second-order valence-corrected chi connectivity index (χ2v) is 9.33. The van der Waals surface area contributed by atoms with E-state index in [2.05, 4.69) is 29.4 Å². The van der Waals surface area contributed by atoms with Gasteiger partial charge in [-0.15, -0.1) is 0 Å². The molecule has 8 heteroatoms. The Bertz CT molecular complexity index is 1270. The lowest BCUT2D eigenvalue weighted by Crippen LogP contribution is -2.49. The molecular formula is C28H33N5O3. The Hall–Kier alpha value is -3.81. The van der Waals surface area contributed by atoms with Gasteiger partial charge in [0.25, 0.3) is 0 Å². The Kier molecular flexibility index (Phi) is 6.93. The van der Waals surface area contributed by atoms with Crippen LogP contribution >= 0.6 is 0 Å². The van der Waals surface area contributed by atoms with Crippen molar-refractivity contribution in [2.24, 2.45) is 0 Å². The highest BCUT2D eigenvalue weighted by Crippen LogP contribution is 2.36. The first-order valence-electron chi connectivity index (χ1n) is 12.7. The largest absolute Gasteiger partial charge is 0.508 e. The van der Waals surface area contributed by atoms with E-state index in [0.29, 0.717) is 45.3 Å². The number of ether oxygens (including phenoxy) is 1. The summed E-state index contributed by atoms with van der Waals surface area (Å²) in [5, 5.41) is 12.5. The van der Waals surface area contributed by atoms with E-state index in [1.807, 2.05) is 29.2 Å². The first kappa shape index (κ1) is 23.9. The molecule has 188 valence electrons. The van der Waals surface area contributed by atoms with Gasteiger partial charge < -0.3 is 24.5 Å². The summed E-state index contributed by atoms with van der Waals surface area (Å²) in [7, 11) is 0. The van der Waals surface area contributed by atoms with Crippen LogP contribution in [0.5, 0.6) is 11.8 Å².